The summed E-state index contributed by atoms with van der Waals surface area (Å²) in [4.78, 5) is 0. The smallest absolute Gasteiger partial charge is 0.371 e. The second-order valence-corrected chi connectivity index (χ2v) is 4.04. The first-order chi connectivity index (χ1) is 9.06. The lowest BCUT2D eigenvalue weighted by Gasteiger charge is -2.08. The summed E-state index contributed by atoms with van der Waals surface area (Å²) < 4.78 is 41.7. The van der Waals surface area contributed by atoms with Crippen LogP contribution in [0.5, 0.6) is 0 Å². The highest BCUT2D eigenvalue weighted by Gasteiger charge is 2.27. The van der Waals surface area contributed by atoms with Crippen molar-refractivity contribution in [1.82, 2.24) is 14.9 Å². The van der Waals surface area contributed by atoms with E-state index in [1.165, 1.54) is 0 Å². The second kappa shape index (κ2) is 6.03. The number of hydrogen-bond donors (Lipinski definition) is 1. The van der Waals surface area contributed by atoms with Crippen molar-refractivity contribution in [3.05, 3.63) is 36.2 Å². The topological polar surface area (TPSA) is 38.6 Å². The Kier molecular flexibility index (Phi) is 4.39. The van der Waals surface area contributed by atoms with Crippen molar-refractivity contribution in [1.29, 1.82) is 0 Å². The molecule has 4 nitrogen and oxygen atoms in total. The third-order valence-electron chi connectivity index (χ3n) is 2.51. The summed E-state index contributed by atoms with van der Waals surface area (Å²) in [6, 6.07) is 5.72. The van der Waals surface area contributed by atoms with Crippen LogP contribution in [-0.2, 0) is 11.3 Å². The van der Waals surface area contributed by atoms with Crippen molar-refractivity contribution >= 4 is 5.52 Å². The number of ether oxygens (including phenoxy) is 1. The van der Waals surface area contributed by atoms with E-state index in [9.17, 15) is 13.2 Å². The molecular formula is C12H14F3N3O. The van der Waals surface area contributed by atoms with Gasteiger partial charge in [-0.1, -0.05) is 6.07 Å². The molecule has 0 bridgehead atoms. The summed E-state index contributed by atoms with van der Waals surface area (Å²) in [7, 11) is 0. The molecule has 0 atom stereocenters. The summed E-state index contributed by atoms with van der Waals surface area (Å²) >= 11 is 0. The van der Waals surface area contributed by atoms with Crippen LogP contribution >= 0.6 is 0 Å². The monoisotopic (exact) mass is 273 g/mol. The van der Waals surface area contributed by atoms with E-state index >= 15 is 0 Å². The zero-order chi connectivity index (χ0) is 13.7. The fraction of sp³-hybridized carbons (Fsp3) is 0.417. The molecular weight excluding hydrogens is 259 g/mol. The quantitative estimate of drug-likeness (QED) is 0.818. The van der Waals surface area contributed by atoms with Crippen molar-refractivity contribution in [2.75, 3.05) is 19.8 Å². The fourth-order valence-electron chi connectivity index (χ4n) is 1.68. The lowest BCUT2D eigenvalue weighted by Crippen LogP contribution is -2.23. The van der Waals surface area contributed by atoms with Gasteiger partial charge in [-0.2, -0.15) is 18.3 Å². The van der Waals surface area contributed by atoms with Crippen LogP contribution in [0.2, 0.25) is 0 Å². The van der Waals surface area contributed by atoms with Crippen molar-refractivity contribution < 1.29 is 17.9 Å². The molecule has 2 aromatic rings. The Morgan fingerprint density at radius 2 is 2.16 bits per heavy atom. The first-order valence-electron chi connectivity index (χ1n) is 5.83. The molecule has 19 heavy (non-hydrogen) atoms. The first kappa shape index (κ1) is 13.8. The van der Waals surface area contributed by atoms with E-state index in [1.54, 1.807) is 10.7 Å². The molecule has 0 aromatic carbocycles. The molecule has 1 N–H and O–H groups in total. The van der Waals surface area contributed by atoms with E-state index in [0.29, 0.717) is 13.1 Å². The lowest BCUT2D eigenvalue weighted by atomic mass is 10.2. The van der Waals surface area contributed by atoms with Crippen molar-refractivity contribution in [2.24, 2.45) is 0 Å². The Morgan fingerprint density at radius 3 is 2.95 bits per heavy atom. The molecule has 0 radical (unpaired) electrons. The van der Waals surface area contributed by atoms with Gasteiger partial charge in [-0.25, -0.2) is 4.52 Å². The van der Waals surface area contributed by atoms with E-state index in [2.05, 4.69) is 15.2 Å². The van der Waals surface area contributed by atoms with Crippen molar-refractivity contribution in [2.45, 2.75) is 12.7 Å². The van der Waals surface area contributed by atoms with Gasteiger partial charge >= 0.3 is 6.18 Å². The second-order valence-electron chi connectivity index (χ2n) is 4.04. The molecule has 2 aromatic heterocycles. The van der Waals surface area contributed by atoms with E-state index < -0.39 is 12.8 Å². The molecule has 2 heterocycles. The average Bonchev–Trinajstić information content (AvgIpc) is 2.76. The highest BCUT2D eigenvalue weighted by Crippen LogP contribution is 2.14. The van der Waals surface area contributed by atoms with Crippen molar-refractivity contribution in [3.8, 4) is 0 Å². The van der Waals surface area contributed by atoms with E-state index in [4.69, 9.17) is 0 Å². The molecule has 0 aliphatic carbocycles. The minimum atomic E-state index is -4.26. The van der Waals surface area contributed by atoms with Crippen LogP contribution < -0.4 is 5.32 Å². The van der Waals surface area contributed by atoms with Gasteiger partial charge in [0, 0.05) is 24.8 Å². The molecule has 0 spiro atoms. The van der Waals surface area contributed by atoms with Gasteiger partial charge < -0.3 is 10.1 Å². The first-order valence-corrected chi connectivity index (χ1v) is 5.83. The normalized spacial score (nSPS) is 12.2. The highest BCUT2D eigenvalue weighted by molar-refractivity contribution is 5.53. The Morgan fingerprint density at radius 1 is 1.32 bits per heavy atom. The summed E-state index contributed by atoms with van der Waals surface area (Å²) in [5, 5.41) is 7.18. The average molecular weight is 273 g/mol. The van der Waals surface area contributed by atoms with Crippen LogP contribution in [0.3, 0.4) is 0 Å². The number of halogens is 3. The third kappa shape index (κ3) is 4.22. The minimum absolute atomic E-state index is 0.0265. The molecule has 0 aliphatic heterocycles. The third-order valence-corrected chi connectivity index (χ3v) is 2.51. The van der Waals surface area contributed by atoms with Gasteiger partial charge in [0.05, 0.1) is 18.3 Å². The van der Waals surface area contributed by atoms with Gasteiger partial charge in [-0.3, -0.25) is 0 Å². The van der Waals surface area contributed by atoms with Crippen LogP contribution in [0, 0.1) is 0 Å². The maximum absolute atomic E-state index is 11.8. The zero-order valence-electron chi connectivity index (χ0n) is 10.2. The molecule has 0 saturated carbocycles. The summed E-state index contributed by atoms with van der Waals surface area (Å²) in [6.45, 7) is -0.271. The zero-order valence-corrected chi connectivity index (χ0v) is 10.2. The molecule has 2 rings (SSSR count). The molecule has 0 aliphatic rings. The van der Waals surface area contributed by atoms with Crippen LogP contribution in [0.4, 0.5) is 13.2 Å². The number of rotatable bonds is 6. The fourth-order valence-corrected chi connectivity index (χ4v) is 1.68. The SMILES string of the molecule is FC(F)(F)COCCNCc1cnn2ccccc12. The maximum Gasteiger partial charge on any atom is 0.411 e. The lowest BCUT2D eigenvalue weighted by molar-refractivity contribution is -0.173. The molecule has 0 saturated heterocycles. The standard InChI is InChI=1S/C12H14F3N3O/c13-12(14,15)9-19-6-4-16-7-10-8-17-18-5-2-1-3-11(10)18/h1-3,5,8,16H,4,6-7,9H2. The summed E-state index contributed by atoms with van der Waals surface area (Å²) in [6.07, 6.45) is -0.688. The predicted octanol–water partition coefficient (Wildman–Crippen LogP) is 2.00. The van der Waals surface area contributed by atoms with Gasteiger partial charge in [-0.05, 0) is 12.1 Å². The van der Waals surface area contributed by atoms with Crippen LogP contribution in [-0.4, -0.2) is 35.5 Å². The highest BCUT2D eigenvalue weighted by atomic mass is 19.4. The van der Waals surface area contributed by atoms with Gasteiger partial charge in [0.25, 0.3) is 0 Å². The van der Waals surface area contributed by atoms with Crippen molar-refractivity contribution in [3.63, 3.8) is 0 Å². The van der Waals surface area contributed by atoms with Crippen LogP contribution in [0.15, 0.2) is 30.6 Å². The minimum Gasteiger partial charge on any atom is -0.371 e. The van der Waals surface area contributed by atoms with Gasteiger partial charge in [-0.15, -0.1) is 0 Å². The van der Waals surface area contributed by atoms with E-state index in [-0.39, 0.29) is 6.61 Å². The Balaban J connectivity index is 1.71. The largest absolute Gasteiger partial charge is 0.411 e. The number of alkyl halides is 3. The number of nitrogens with one attached hydrogen (secondary N) is 1. The molecule has 104 valence electrons. The number of aromatic nitrogens is 2. The molecule has 7 heteroatoms. The number of hydrogen-bond acceptors (Lipinski definition) is 3. The molecule has 0 amide bonds. The Hall–Kier alpha value is -1.60. The van der Waals surface area contributed by atoms with Gasteiger partial charge in [0.15, 0.2) is 0 Å². The van der Waals surface area contributed by atoms with Crippen LogP contribution in [0.1, 0.15) is 5.56 Å². The molecule has 0 fully saturated rings. The van der Waals surface area contributed by atoms with Gasteiger partial charge in [0.2, 0.25) is 0 Å². The predicted molar refractivity (Wildman–Crippen MR) is 63.8 cm³/mol. The maximum atomic E-state index is 11.8. The molecule has 0 unspecified atom stereocenters. The number of nitrogens with zero attached hydrogens (tertiary/aromatic N) is 2. The van der Waals surface area contributed by atoms with E-state index in [0.717, 1.165) is 11.1 Å². The Bertz CT molecular complexity index is 524. The van der Waals surface area contributed by atoms with Gasteiger partial charge in [0.1, 0.15) is 6.61 Å². The number of pyridine rings is 1. The Labute approximate surface area is 108 Å². The summed E-state index contributed by atoms with van der Waals surface area (Å²) in [5.41, 5.74) is 1.97. The number of fused-ring (bicyclic) bond motifs is 1. The van der Waals surface area contributed by atoms with E-state index in [1.807, 2.05) is 24.4 Å². The van der Waals surface area contributed by atoms with Crippen LogP contribution in [0.25, 0.3) is 5.52 Å². The summed E-state index contributed by atoms with van der Waals surface area (Å²) in [5.74, 6) is 0.